The summed E-state index contributed by atoms with van der Waals surface area (Å²) in [5, 5.41) is 7.86. The molecule has 1 aliphatic heterocycles. The molecule has 9 heteroatoms. The Bertz CT molecular complexity index is 1290. The zero-order chi connectivity index (χ0) is 20.8. The van der Waals surface area contributed by atoms with Crippen LogP contribution in [0.4, 0.5) is 10.1 Å². The number of fused-ring (bicyclic) bond motifs is 2. The molecule has 7 nitrogen and oxygen atoms in total. The van der Waals surface area contributed by atoms with Crippen LogP contribution in [0.15, 0.2) is 59.5 Å². The zero-order valence-corrected chi connectivity index (χ0v) is 17.5. The summed E-state index contributed by atoms with van der Waals surface area (Å²) in [5.41, 5.74) is 4.54. The Morgan fingerprint density at radius 3 is 2.80 bits per heavy atom. The second kappa shape index (κ2) is 7.17. The molecule has 1 amide bonds. The fourth-order valence-electron chi connectivity index (χ4n) is 3.67. The van der Waals surface area contributed by atoms with Crippen molar-refractivity contribution < 1.29 is 9.18 Å². The standard InChI is InChI=1S/C21H16BrFN6O/c1-27-18-8-14(15-4-6-24-19(23)9-15)3-2-13(18)5-7-29(27)21(30)17-10-20-25-11-16(22)12-28(20)26-17/h2-4,6,8-12H,5,7H2,1H3. The van der Waals surface area contributed by atoms with Crippen LogP contribution in [0.5, 0.6) is 0 Å². The van der Waals surface area contributed by atoms with Gasteiger partial charge in [0.2, 0.25) is 5.95 Å². The minimum absolute atomic E-state index is 0.204. The molecular formula is C21H16BrFN6O. The van der Waals surface area contributed by atoms with Crippen LogP contribution in [0.2, 0.25) is 0 Å². The summed E-state index contributed by atoms with van der Waals surface area (Å²) in [4.78, 5) is 21.1. The number of hydrazine groups is 1. The van der Waals surface area contributed by atoms with E-state index in [0.29, 0.717) is 24.3 Å². The third-order valence-corrected chi connectivity index (χ3v) is 5.59. The van der Waals surface area contributed by atoms with Crippen LogP contribution in [0.3, 0.4) is 0 Å². The summed E-state index contributed by atoms with van der Waals surface area (Å²) in [6, 6.07) is 10.8. The van der Waals surface area contributed by atoms with Gasteiger partial charge in [0.1, 0.15) is 0 Å². The number of nitrogens with zero attached hydrogens (tertiary/aromatic N) is 6. The van der Waals surface area contributed by atoms with Gasteiger partial charge in [0, 0.05) is 44.3 Å². The molecule has 0 N–H and O–H groups in total. The predicted molar refractivity (Wildman–Crippen MR) is 113 cm³/mol. The van der Waals surface area contributed by atoms with Gasteiger partial charge in [0.05, 0.1) is 10.2 Å². The molecule has 0 unspecified atom stereocenters. The maximum absolute atomic E-state index is 13.5. The maximum atomic E-state index is 13.5. The van der Waals surface area contributed by atoms with Gasteiger partial charge in [-0.3, -0.25) is 9.80 Å². The number of carbonyl (C=O) groups is 1. The highest BCUT2D eigenvalue weighted by molar-refractivity contribution is 9.10. The van der Waals surface area contributed by atoms with E-state index in [4.69, 9.17) is 0 Å². The molecule has 4 heterocycles. The molecule has 0 aliphatic carbocycles. The fraction of sp³-hybridized carbons (Fsp3) is 0.143. The Kier molecular flexibility index (Phi) is 4.47. The van der Waals surface area contributed by atoms with Crippen molar-refractivity contribution in [1.82, 2.24) is 24.6 Å². The Balaban J connectivity index is 1.48. The summed E-state index contributed by atoms with van der Waals surface area (Å²) in [7, 11) is 1.84. The molecule has 3 aromatic heterocycles. The number of aromatic nitrogens is 4. The summed E-state index contributed by atoms with van der Waals surface area (Å²) < 4.78 is 15.9. The van der Waals surface area contributed by atoms with Gasteiger partial charge in [-0.1, -0.05) is 12.1 Å². The lowest BCUT2D eigenvalue weighted by Gasteiger charge is -2.38. The number of anilines is 1. The van der Waals surface area contributed by atoms with E-state index in [-0.39, 0.29) is 5.91 Å². The Morgan fingerprint density at radius 2 is 1.97 bits per heavy atom. The monoisotopic (exact) mass is 466 g/mol. The number of carbonyl (C=O) groups excluding carboxylic acids is 1. The molecule has 1 aliphatic rings. The first-order valence-electron chi connectivity index (χ1n) is 9.31. The lowest BCUT2D eigenvalue weighted by molar-refractivity contribution is 0.0732. The van der Waals surface area contributed by atoms with E-state index < -0.39 is 5.95 Å². The number of halogens is 2. The first kappa shape index (κ1) is 18.7. The van der Waals surface area contributed by atoms with Gasteiger partial charge in [0.15, 0.2) is 11.3 Å². The van der Waals surface area contributed by atoms with Crippen molar-refractivity contribution in [3.8, 4) is 11.1 Å². The van der Waals surface area contributed by atoms with Crippen LogP contribution in [-0.2, 0) is 6.42 Å². The third-order valence-electron chi connectivity index (χ3n) is 5.18. The molecule has 30 heavy (non-hydrogen) atoms. The van der Waals surface area contributed by atoms with Crippen molar-refractivity contribution in [2.24, 2.45) is 0 Å². The Labute approximate surface area is 179 Å². The Morgan fingerprint density at radius 1 is 1.13 bits per heavy atom. The molecular weight excluding hydrogens is 451 g/mol. The largest absolute Gasteiger partial charge is 0.292 e. The SMILES string of the molecule is CN1c2cc(-c3ccnc(F)c3)ccc2CCN1C(=O)c1cc2ncc(Br)cn2n1. The molecule has 0 radical (unpaired) electrons. The van der Waals surface area contributed by atoms with Crippen LogP contribution in [0.25, 0.3) is 16.8 Å². The first-order valence-corrected chi connectivity index (χ1v) is 10.1. The van der Waals surface area contributed by atoms with Gasteiger partial charge in [-0.2, -0.15) is 9.49 Å². The van der Waals surface area contributed by atoms with Gasteiger partial charge < -0.3 is 0 Å². The quantitative estimate of drug-likeness (QED) is 0.421. The van der Waals surface area contributed by atoms with Crippen LogP contribution in [0, 0.1) is 5.95 Å². The molecule has 0 saturated heterocycles. The molecule has 5 rings (SSSR count). The van der Waals surface area contributed by atoms with Crippen molar-refractivity contribution in [2.45, 2.75) is 6.42 Å². The van der Waals surface area contributed by atoms with E-state index in [2.05, 4.69) is 31.0 Å². The predicted octanol–water partition coefficient (Wildman–Crippen LogP) is 3.74. The average Bonchev–Trinajstić information content (AvgIpc) is 3.17. The molecule has 0 atom stereocenters. The molecule has 150 valence electrons. The summed E-state index contributed by atoms with van der Waals surface area (Å²) in [6.45, 7) is 0.538. The highest BCUT2D eigenvalue weighted by Crippen LogP contribution is 2.32. The van der Waals surface area contributed by atoms with E-state index in [1.807, 2.05) is 30.3 Å². The number of amides is 1. The first-order chi connectivity index (χ1) is 14.5. The summed E-state index contributed by atoms with van der Waals surface area (Å²) >= 11 is 3.36. The Hall–Kier alpha value is -3.33. The van der Waals surface area contributed by atoms with Gasteiger partial charge in [-0.15, -0.1) is 0 Å². The summed E-state index contributed by atoms with van der Waals surface area (Å²) in [5.74, 6) is -0.729. The number of rotatable bonds is 2. The summed E-state index contributed by atoms with van der Waals surface area (Å²) in [6.07, 6.45) is 5.58. The van der Waals surface area contributed by atoms with Crippen molar-refractivity contribution >= 4 is 33.2 Å². The average molecular weight is 467 g/mol. The smallest absolute Gasteiger partial charge is 0.285 e. The van der Waals surface area contributed by atoms with Crippen molar-refractivity contribution in [3.05, 3.63) is 76.7 Å². The van der Waals surface area contributed by atoms with E-state index in [9.17, 15) is 9.18 Å². The lowest BCUT2D eigenvalue weighted by atomic mass is 10.00. The zero-order valence-electron chi connectivity index (χ0n) is 16.0. The van der Waals surface area contributed by atoms with Crippen molar-refractivity contribution in [2.75, 3.05) is 18.6 Å². The van der Waals surface area contributed by atoms with Crippen molar-refractivity contribution in [3.63, 3.8) is 0 Å². The second-order valence-corrected chi connectivity index (χ2v) is 7.93. The van der Waals surface area contributed by atoms with E-state index in [0.717, 1.165) is 26.9 Å². The fourth-order valence-corrected chi connectivity index (χ4v) is 3.97. The third kappa shape index (κ3) is 3.21. The number of benzene rings is 1. The van der Waals surface area contributed by atoms with Crippen LogP contribution in [-0.4, -0.2) is 44.1 Å². The van der Waals surface area contributed by atoms with Crippen LogP contribution in [0.1, 0.15) is 16.1 Å². The molecule has 4 aromatic rings. The van der Waals surface area contributed by atoms with Gasteiger partial charge in [-0.25, -0.2) is 19.5 Å². The highest BCUT2D eigenvalue weighted by atomic mass is 79.9. The number of pyridine rings is 1. The van der Waals surface area contributed by atoms with E-state index >= 15 is 0 Å². The second-order valence-electron chi connectivity index (χ2n) is 7.02. The highest BCUT2D eigenvalue weighted by Gasteiger charge is 2.28. The molecule has 1 aromatic carbocycles. The normalized spacial score (nSPS) is 13.6. The molecule has 0 bridgehead atoms. The maximum Gasteiger partial charge on any atom is 0.292 e. The number of hydrogen-bond donors (Lipinski definition) is 0. The van der Waals surface area contributed by atoms with Crippen molar-refractivity contribution in [1.29, 1.82) is 0 Å². The lowest BCUT2D eigenvalue weighted by Crippen LogP contribution is -2.48. The van der Waals surface area contributed by atoms with Crippen LogP contribution >= 0.6 is 15.9 Å². The van der Waals surface area contributed by atoms with Gasteiger partial charge in [0.25, 0.3) is 5.91 Å². The van der Waals surface area contributed by atoms with E-state index in [1.165, 1.54) is 12.3 Å². The molecule has 0 spiro atoms. The van der Waals surface area contributed by atoms with Gasteiger partial charge in [-0.05, 0) is 51.2 Å². The molecule has 0 saturated carbocycles. The van der Waals surface area contributed by atoms with Gasteiger partial charge >= 0.3 is 0 Å². The molecule has 0 fully saturated rings. The minimum atomic E-state index is -0.525. The minimum Gasteiger partial charge on any atom is -0.285 e. The topological polar surface area (TPSA) is 66.6 Å². The van der Waals surface area contributed by atoms with Crippen LogP contribution < -0.4 is 5.01 Å². The van der Waals surface area contributed by atoms with E-state index in [1.54, 1.807) is 34.1 Å². The number of hydrogen-bond acceptors (Lipinski definition) is 5.